The van der Waals surface area contributed by atoms with Crippen LogP contribution in [0.2, 0.25) is 10.0 Å². The van der Waals surface area contributed by atoms with Gasteiger partial charge >= 0.3 is 6.18 Å². The van der Waals surface area contributed by atoms with Gasteiger partial charge in [-0.2, -0.15) is 13.2 Å². The van der Waals surface area contributed by atoms with Crippen LogP contribution < -0.4 is 5.48 Å². The molecule has 2 heterocycles. The number of alkyl halides is 4. The smallest absolute Gasteiger partial charge is 0.335 e. The maximum atomic E-state index is 15.0. The second-order valence-electron chi connectivity index (χ2n) is 7.80. The van der Waals surface area contributed by atoms with Crippen molar-refractivity contribution < 1.29 is 27.2 Å². The average molecular weight is 489 g/mol. The zero-order chi connectivity index (χ0) is 23.3. The Labute approximate surface area is 191 Å². The van der Waals surface area contributed by atoms with Gasteiger partial charge in [0.15, 0.2) is 5.67 Å². The number of benzene rings is 2. The Kier molecular flexibility index (Phi) is 5.68. The van der Waals surface area contributed by atoms with Crippen LogP contribution in [0.5, 0.6) is 0 Å². The maximum absolute atomic E-state index is 15.0. The van der Waals surface area contributed by atoms with Crippen LogP contribution in [0.3, 0.4) is 0 Å². The summed E-state index contributed by atoms with van der Waals surface area (Å²) in [7, 11) is 0. The van der Waals surface area contributed by atoms with Gasteiger partial charge in [0.2, 0.25) is 11.5 Å². The van der Waals surface area contributed by atoms with Crippen molar-refractivity contribution >= 4 is 34.8 Å². The lowest BCUT2D eigenvalue weighted by molar-refractivity contribution is -0.269. The van der Waals surface area contributed by atoms with Crippen LogP contribution in [0.1, 0.15) is 30.0 Å². The number of hydrogen-bond acceptors (Lipinski definition) is 3. The molecule has 0 aliphatic carbocycles. The van der Waals surface area contributed by atoms with E-state index in [1.165, 1.54) is 35.2 Å². The molecule has 32 heavy (non-hydrogen) atoms. The number of halogens is 6. The minimum atomic E-state index is -4.82. The number of carbonyl (C=O) groups excluding carboxylic acids is 1. The lowest BCUT2D eigenvalue weighted by atomic mass is 9.86. The Morgan fingerprint density at radius 1 is 1.09 bits per heavy atom. The van der Waals surface area contributed by atoms with Crippen LogP contribution in [0.4, 0.5) is 17.6 Å². The fourth-order valence-corrected chi connectivity index (χ4v) is 4.37. The van der Waals surface area contributed by atoms with Crippen LogP contribution in [-0.2, 0) is 20.9 Å². The van der Waals surface area contributed by atoms with Crippen molar-refractivity contribution in [2.24, 2.45) is 0 Å². The van der Waals surface area contributed by atoms with Crippen LogP contribution >= 0.6 is 23.2 Å². The molecule has 1 amide bonds. The molecule has 4 nitrogen and oxygen atoms in total. The van der Waals surface area contributed by atoms with Gasteiger partial charge < -0.3 is 4.90 Å². The highest BCUT2D eigenvalue weighted by molar-refractivity contribution is 6.34. The fraction of sp³-hybridized carbons (Fsp3) is 0.318. The van der Waals surface area contributed by atoms with E-state index < -0.39 is 17.4 Å². The first-order chi connectivity index (χ1) is 15.0. The first-order valence-electron chi connectivity index (χ1n) is 9.75. The Hall–Kier alpha value is -2.29. The maximum Gasteiger partial charge on any atom is 0.428 e. The van der Waals surface area contributed by atoms with Gasteiger partial charge in [0.25, 0.3) is 0 Å². The van der Waals surface area contributed by atoms with Gasteiger partial charge in [0, 0.05) is 22.0 Å². The Bertz CT molecular complexity index is 1060. The molecule has 0 spiro atoms. The van der Waals surface area contributed by atoms with Crippen LogP contribution in [0.15, 0.2) is 48.5 Å². The molecule has 2 aromatic carbocycles. The summed E-state index contributed by atoms with van der Waals surface area (Å²) in [4.78, 5) is 18.1. The number of likely N-dealkylation sites (tertiary alicyclic amines) is 1. The van der Waals surface area contributed by atoms with Gasteiger partial charge in [-0.15, -0.1) is 0 Å². The Morgan fingerprint density at radius 3 is 2.22 bits per heavy atom. The lowest BCUT2D eigenvalue weighted by Crippen LogP contribution is -2.58. The SMILES string of the molecule is CCC(=O)N1CC(F)(c2ccc(C3=CC(c4cc(Cl)cc(Cl)c4)(C(F)(F)F)ON3)cc2)C1. The number of hydrogen-bond donors (Lipinski definition) is 1. The quantitative estimate of drug-likeness (QED) is 0.557. The zero-order valence-corrected chi connectivity index (χ0v) is 18.3. The molecular formula is C22H18Cl2F4N2O2. The standard InChI is InChI=1S/C22H18Cl2F4N2O2/c1-2-19(31)30-11-20(25,12-30)14-5-3-13(4-6-14)18-10-21(32-29-18,22(26,27)28)15-7-16(23)9-17(24)8-15/h3-10,29H,2,11-12H2,1H3. The van der Waals surface area contributed by atoms with Crippen molar-refractivity contribution in [1.29, 1.82) is 0 Å². The monoisotopic (exact) mass is 488 g/mol. The first-order valence-corrected chi connectivity index (χ1v) is 10.5. The molecular weight excluding hydrogens is 471 g/mol. The summed E-state index contributed by atoms with van der Waals surface area (Å²) < 4.78 is 57.3. The highest BCUT2D eigenvalue weighted by Crippen LogP contribution is 2.48. The van der Waals surface area contributed by atoms with E-state index in [2.05, 4.69) is 5.48 Å². The van der Waals surface area contributed by atoms with E-state index in [9.17, 15) is 18.0 Å². The Morgan fingerprint density at radius 2 is 1.69 bits per heavy atom. The third-order valence-corrected chi connectivity index (χ3v) is 6.07. The topological polar surface area (TPSA) is 41.6 Å². The molecule has 4 rings (SSSR count). The van der Waals surface area contributed by atoms with Crippen molar-refractivity contribution in [2.75, 3.05) is 13.1 Å². The molecule has 0 bridgehead atoms. The second kappa shape index (κ2) is 7.93. The molecule has 1 unspecified atom stereocenters. The molecule has 2 aliphatic heterocycles. The number of nitrogens with one attached hydrogen (secondary N) is 1. The molecule has 0 radical (unpaired) electrons. The van der Waals surface area contributed by atoms with E-state index in [4.69, 9.17) is 28.0 Å². The number of carbonyl (C=O) groups is 1. The third-order valence-electron chi connectivity index (χ3n) is 5.63. The molecule has 0 saturated carbocycles. The van der Waals surface area contributed by atoms with Crippen LogP contribution in [-0.4, -0.2) is 30.1 Å². The molecule has 1 N–H and O–H groups in total. The summed E-state index contributed by atoms with van der Waals surface area (Å²) in [5.74, 6) is -0.128. The summed E-state index contributed by atoms with van der Waals surface area (Å²) in [5, 5.41) is 0.0746. The molecule has 1 saturated heterocycles. The van der Waals surface area contributed by atoms with Crippen molar-refractivity contribution in [1.82, 2.24) is 10.4 Å². The molecule has 1 fully saturated rings. The average Bonchev–Trinajstić information content (AvgIpc) is 3.17. The van der Waals surface area contributed by atoms with E-state index in [-0.39, 0.29) is 40.3 Å². The largest absolute Gasteiger partial charge is 0.428 e. The van der Waals surface area contributed by atoms with E-state index in [1.54, 1.807) is 6.92 Å². The van der Waals surface area contributed by atoms with E-state index in [1.807, 2.05) is 0 Å². The molecule has 1 atom stereocenters. The summed E-state index contributed by atoms with van der Waals surface area (Å²) in [6.07, 6.45) is -3.62. The van der Waals surface area contributed by atoms with Gasteiger partial charge in [-0.25, -0.2) is 4.39 Å². The first kappa shape index (κ1) is 22.9. The van der Waals surface area contributed by atoms with Gasteiger partial charge in [-0.05, 0) is 35.4 Å². The van der Waals surface area contributed by atoms with Crippen molar-refractivity contribution in [2.45, 2.75) is 30.8 Å². The summed E-state index contributed by atoms with van der Waals surface area (Å²) in [6.45, 7) is 1.61. The second-order valence-corrected chi connectivity index (χ2v) is 8.67. The van der Waals surface area contributed by atoms with Crippen LogP contribution in [0, 0.1) is 0 Å². The van der Waals surface area contributed by atoms with Crippen molar-refractivity contribution in [3.05, 3.63) is 75.3 Å². The number of amides is 1. The van der Waals surface area contributed by atoms with Gasteiger partial charge in [-0.1, -0.05) is 54.4 Å². The minimum Gasteiger partial charge on any atom is -0.335 e. The van der Waals surface area contributed by atoms with E-state index in [0.29, 0.717) is 17.5 Å². The normalized spacial score (nSPS) is 22.2. The molecule has 10 heteroatoms. The van der Waals surface area contributed by atoms with Crippen LogP contribution in [0.25, 0.3) is 5.70 Å². The summed E-state index contributed by atoms with van der Waals surface area (Å²) in [6, 6.07) is 9.59. The van der Waals surface area contributed by atoms with E-state index >= 15 is 4.39 Å². The van der Waals surface area contributed by atoms with Crippen molar-refractivity contribution in [3.8, 4) is 0 Å². The lowest BCUT2D eigenvalue weighted by Gasteiger charge is -2.44. The summed E-state index contributed by atoms with van der Waals surface area (Å²) in [5.41, 5.74) is -1.63. The number of rotatable bonds is 4. The highest BCUT2D eigenvalue weighted by Gasteiger charge is 2.59. The predicted molar refractivity (Wildman–Crippen MR) is 112 cm³/mol. The zero-order valence-electron chi connectivity index (χ0n) is 16.8. The number of hydroxylamine groups is 1. The summed E-state index contributed by atoms with van der Waals surface area (Å²) >= 11 is 11.8. The molecule has 170 valence electrons. The minimum absolute atomic E-state index is 0.0373. The predicted octanol–water partition coefficient (Wildman–Crippen LogP) is 5.74. The molecule has 2 aliphatic rings. The van der Waals surface area contributed by atoms with Gasteiger partial charge in [0.05, 0.1) is 18.8 Å². The fourth-order valence-electron chi connectivity index (χ4n) is 3.84. The van der Waals surface area contributed by atoms with E-state index in [0.717, 1.165) is 18.2 Å². The molecule has 2 aromatic rings. The van der Waals surface area contributed by atoms with Gasteiger partial charge in [0.1, 0.15) is 0 Å². The molecule has 0 aromatic heterocycles. The number of nitrogens with zero attached hydrogens (tertiary/aromatic N) is 1. The Balaban J connectivity index is 1.62. The third kappa shape index (κ3) is 3.84. The van der Waals surface area contributed by atoms with Crippen molar-refractivity contribution in [3.63, 3.8) is 0 Å². The van der Waals surface area contributed by atoms with Gasteiger partial charge in [-0.3, -0.25) is 15.1 Å². The highest BCUT2D eigenvalue weighted by atomic mass is 35.5.